The number of phenols is 1. The zero-order chi connectivity index (χ0) is 28.4. The third-order valence-corrected chi connectivity index (χ3v) is 8.90. The minimum absolute atomic E-state index is 0.107. The van der Waals surface area contributed by atoms with Crippen molar-refractivity contribution in [3.63, 3.8) is 0 Å². The minimum atomic E-state index is -2.57. The molecule has 7 N–H and O–H groups in total. The van der Waals surface area contributed by atoms with Crippen LogP contribution in [0.2, 0.25) is 0 Å². The molecule has 210 valence electrons. The van der Waals surface area contributed by atoms with E-state index in [1.165, 1.54) is 0 Å². The molecular formula is C28H36N4O7. The Bertz CT molecular complexity index is 1330. The van der Waals surface area contributed by atoms with E-state index in [1.54, 1.807) is 0 Å². The van der Waals surface area contributed by atoms with Crippen molar-refractivity contribution < 1.29 is 34.8 Å². The van der Waals surface area contributed by atoms with E-state index >= 15 is 0 Å². The van der Waals surface area contributed by atoms with E-state index in [-0.39, 0.29) is 42.2 Å². The summed E-state index contributed by atoms with van der Waals surface area (Å²) >= 11 is 0. The van der Waals surface area contributed by atoms with Crippen molar-refractivity contribution in [3.8, 4) is 5.75 Å². The number of carbonyl (C=O) groups is 3. The number of anilines is 1. The summed E-state index contributed by atoms with van der Waals surface area (Å²) in [6.07, 6.45) is 1.99. The summed E-state index contributed by atoms with van der Waals surface area (Å²) in [5.74, 6) is -6.20. The Kier molecular flexibility index (Phi) is 6.72. The van der Waals surface area contributed by atoms with Crippen LogP contribution in [0.1, 0.15) is 42.4 Å². The number of likely N-dealkylation sites (tertiary alicyclic amines) is 1. The molecule has 5 rings (SSSR count). The maximum absolute atomic E-state index is 13.8. The molecule has 3 atom stereocenters. The normalized spacial score (nSPS) is 27.8. The van der Waals surface area contributed by atoms with Gasteiger partial charge in [0.25, 0.3) is 5.91 Å². The summed E-state index contributed by atoms with van der Waals surface area (Å²) in [5.41, 5.74) is 3.88. The first kappa shape index (κ1) is 27.2. The number of carbonyl (C=O) groups excluding carboxylic acids is 3. The average Bonchev–Trinajstić information content (AvgIpc) is 2.86. The Morgan fingerprint density at radius 3 is 2.46 bits per heavy atom. The summed E-state index contributed by atoms with van der Waals surface area (Å²) in [5, 5.41) is 48.5. The molecule has 3 aliphatic carbocycles. The monoisotopic (exact) mass is 540 g/mol. The third kappa shape index (κ3) is 4.19. The Balaban J connectivity index is 1.58. The van der Waals surface area contributed by atoms with E-state index in [4.69, 9.17) is 5.73 Å². The number of nitrogens with zero attached hydrogens (tertiary/aromatic N) is 2. The number of phenolic OH excluding ortho intramolecular Hbond substituents is 1. The van der Waals surface area contributed by atoms with Crippen LogP contribution in [0.15, 0.2) is 23.0 Å². The van der Waals surface area contributed by atoms with E-state index in [0.29, 0.717) is 17.7 Å². The molecule has 1 saturated carbocycles. The molecule has 11 heteroatoms. The van der Waals surface area contributed by atoms with Crippen LogP contribution in [0, 0.1) is 11.8 Å². The number of hydrogen-bond donors (Lipinski definition) is 6. The van der Waals surface area contributed by atoms with Gasteiger partial charge < -0.3 is 41.3 Å². The topological polar surface area (TPSA) is 177 Å². The van der Waals surface area contributed by atoms with Gasteiger partial charge in [-0.15, -0.1) is 0 Å². The summed E-state index contributed by atoms with van der Waals surface area (Å²) in [6.45, 7) is 2.30. The van der Waals surface area contributed by atoms with Crippen molar-refractivity contribution >= 4 is 28.9 Å². The molecule has 0 bridgehead atoms. The first-order valence-electron chi connectivity index (χ1n) is 13.3. The molecule has 1 saturated heterocycles. The summed E-state index contributed by atoms with van der Waals surface area (Å²) < 4.78 is 0. The van der Waals surface area contributed by atoms with Crippen LogP contribution >= 0.6 is 0 Å². The predicted octanol–water partition coefficient (Wildman–Crippen LogP) is 0.674. The lowest BCUT2D eigenvalue weighted by molar-refractivity contribution is -0.147. The molecule has 39 heavy (non-hydrogen) atoms. The van der Waals surface area contributed by atoms with Crippen LogP contribution < -0.4 is 16.0 Å². The standard InChI is InChI=1S/C28H36N4O7/c1-31(2)18-10-14(12-30-16-4-6-32(3)7-5-16)23(34)21-17(18)9-13-8-15-11-19(33)22(27(29)38)26(37)28(15,39)25(36)20(13)24(21)35/h10,13,15-16,30,34-35,37,39H,4-9,11-12H2,1-3H3,(H2,29,38)/t13-,15+,28+/m1/s1. The van der Waals surface area contributed by atoms with Crippen molar-refractivity contribution in [2.24, 2.45) is 17.6 Å². The highest BCUT2D eigenvalue weighted by atomic mass is 16.3. The molecule has 0 unspecified atom stereocenters. The molecule has 1 aromatic carbocycles. The summed E-state index contributed by atoms with van der Waals surface area (Å²) in [6, 6.07) is 2.16. The molecule has 0 aromatic heterocycles. The van der Waals surface area contributed by atoms with E-state index in [0.717, 1.165) is 31.6 Å². The van der Waals surface area contributed by atoms with Gasteiger partial charge in [0.15, 0.2) is 11.4 Å². The lowest BCUT2D eigenvalue weighted by Crippen LogP contribution is -2.58. The molecule has 4 aliphatic rings. The maximum Gasteiger partial charge on any atom is 0.255 e. The molecule has 1 heterocycles. The quantitative estimate of drug-likeness (QED) is 0.291. The highest BCUT2D eigenvalue weighted by Crippen LogP contribution is 2.53. The van der Waals surface area contributed by atoms with Crippen LogP contribution in [0.25, 0.3) is 5.76 Å². The second-order valence-electron chi connectivity index (χ2n) is 11.5. The number of ketones is 2. The minimum Gasteiger partial charge on any atom is -0.508 e. The number of Topliss-reactive ketones (excluding diaryl/α,β-unsaturated/α-hetero) is 2. The SMILES string of the molecule is CN1CCC(NCc2cc(N(C)C)c3c(c2O)C(O)=C2C(=O)[C@]4(O)C(O)=C(C(N)=O)C(=O)C[C@@H]4C[C@@H]2C3)CC1. The lowest BCUT2D eigenvalue weighted by atomic mass is 9.59. The van der Waals surface area contributed by atoms with Gasteiger partial charge in [-0.3, -0.25) is 14.4 Å². The highest BCUT2D eigenvalue weighted by Gasteiger charge is 2.60. The number of aromatic hydroxyl groups is 1. The molecule has 1 aliphatic heterocycles. The Morgan fingerprint density at radius 1 is 1.18 bits per heavy atom. The third-order valence-electron chi connectivity index (χ3n) is 8.90. The van der Waals surface area contributed by atoms with Crippen molar-refractivity contribution in [1.82, 2.24) is 10.2 Å². The van der Waals surface area contributed by atoms with Gasteiger partial charge >= 0.3 is 0 Å². The lowest BCUT2D eigenvalue weighted by Gasteiger charge is -2.46. The number of benzene rings is 1. The number of nitrogens with one attached hydrogen (secondary N) is 1. The van der Waals surface area contributed by atoms with Gasteiger partial charge in [0, 0.05) is 55.8 Å². The fourth-order valence-electron chi connectivity index (χ4n) is 6.72. The Labute approximate surface area is 226 Å². The Morgan fingerprint density at radius 2 is 1.85 bits per heavy atom. The first-order valence-corrected chi connectivity index (χ1v) is 13.3. The van der Waals surface area contributed by atoms with E-state index in [2.05, 4.69) is 17.3 Å². The predicted molar refractivity (Wildman–Crippen MR) is 143 cm³/mol. The van der Waals surface area contributed by atoms with Gasteiger partial charge in [0.1, 0.15) is 22.8 Å². The number of rotatable bonds is 5. The van der Waals surface area contributed by atoms with Gasteiger partial charge in [-0.05, 0) is 63.4 Å². The van der Waals surface area contributed by atoms with Crippen LogP contribution in [0.4, 0.5) is 5.69 Å². The molecule has 0 spiro atoms. The Hall–Kier alpha value is -3.41. The van der Waals surface area contributed by atoms with Crippen LogP contribution in [0.3, 0.4) is 0 Å². The van der Waals surface area contributed by atoms with Crippen molar-refractivity contribution in [1.29, 1.82) is 0 Å². The second kappa shape index (κ2) is 9.65. The fourth-order valence-corrected chi connectivity index (χ4v) is 6.72. The average molecular weight is 541 g/mol. The van der Waals surface area contributed by atoms with Gasteiger partial charge in [0.05, 0.1) is 5.56 Å². The van der Waals surface area contributed by atoms with Crippen molar-refractivity contribution in [2.45, 2.75) is 50.3 Å². The van der Waals surface area contributed by atoms with Gasteiger partial charge in [-0.25, -0.2) is 0 Å². The van der Waals surface area contributed by atoms with E-state index < -0.39 is 52.0 Å². The smallest absolute Gasteiger partial charge is 0.255 e. The second-order valence-corrected chi connectivity index (χ2v) is 11.5. The number of hydrogen-bond acceptors (Lipinski definition) is 10. The van der Waals surface area contributed by atoms with Gasteiger partial charge in [0.2, 0.25) is 5.78 Å². The number of fused-ring (bicyclic) bond motifs is 3. The first-order chi connectivity index (χ1) is 18.4. The molecular weight excluding hydrogens is 504 g/mol. The van der Waals surface area contributed by atoms with Gasteiger partial charge in [-0.1, -0.05) is 0 Å². The van der Waals surface area contributed by atoms with E-state index in [1.807, 2.05) is 25.1 Å². The zero-order valence-electron chi connectivity index (χ0n) is 22.5. The molecule has 2 fully saturated rings. The molecule has 11 nitrogen and oxygen atoms in total. The summed E-state index contributed by atoms with van der Waals surface area (Å²) in [4.78, 5) is 42.3. The fraction of sp³-hybridized carbons (Fsp3) is 0.536. The largest absolute Gasteiger partial charge is 0.508 e. The number of aliphatic hydroxyl groups is 3. The molecule has 1 amide bonds. The number of primary amides is 1. The number of amides is 1. The number of piperidine rings is 1. The summed E-state index contributed by atoms with van der Waals surface area (Å²) in [7, 11) is 5.80. The van der Waals surface area contributed by atoms with Crippen LogP contribution in [-0.2, 0) is 27.3 Å². The van der Waals surface area contributed by atoms with Crippen molar-refractivity contribution in [2.75, 3.05) is 39.1 Å². The van der Waals surface area contributed by atoms with Crippen molar-refractivity contribution in [3.05, 3.63) is 39.7 Å². The number of nitrogens with two attached hydrogens (primary N) is 1. The van der Waals surface area contributed by atoms with E-state index in [9.17, 15) is 34.8 Å². The van der Waals surface area contributed by atoms with Crippen LogP contribution in [-0.4, -0.2) is 88.7 Å². The maximum atomic E-state index is 13.8. The van der Waals surface area contributed by atoms with Gasteiger partial charge in [-0.2, -0.15) is 0 Å². The number of aliphatic hydroxyl groups excluding tert-OH is 2. The zero-order valence-corrected chi connectivity index (χ0v) is 22.5. The molecule has 0 radical (unpaired) electrons. The van der Waals surface area contributed by atoms with Crippen LogP contribution in [0.5, 0.6) is 5.75 Å². The molecule has 1 aromatic rings. The highest BCUT2D eigenvalue weighted by molar-refractivity contribution is 6.22.